The number of hydrogen-bond acceptors (Lipinski definition) is 3. The van der Waals surface area contributed by atoms with Gasteiger partial charge in [0, 0.05) is 29.1 Å². The molecule has 5 rings (SSSR count). The van der Waals surface area contributed by atoms with E-state index in [4.69, 9.17) is 4.74 Å². The van der Waals surface area contributed by atoms with Gasteiger partial charge in [0.25, 0.3) is 0 Å². The molecule has 6 nitrogen and oxygen atoms in total. The maximum atomic E-state index is 13.6. The van der Waals surface area contributed by atoms with Gasteiger partial charge in [0.05, 0.1) is 13.2 Å². The molecule has 0 aliphatic carbocycles. The van der Waals surface area contributed by atoms with Crippen molar-refractivity contribution in [1.82, 2.24) is 14.8 Å². The van der Waals surface area contributed by atoms with Crippen molar-refractivity contribution in [3.8, 4) is 5.75 Å². The van der Waals surface area contributed by atoms with Crippen molar-refractivity contribution in [3.05, 3.63) is 65.4 Å². The minimum absolute atomic E-state index is 0.00461. The Hall–Kier alpha value is -3.28. The van der Waals surface area contributed by atoms with Crippen molar-refractivity contribution in [1.29, 1.82) is 0 Å². The Morgan fingerprint density at radius 2 is 1.87 bits per heavy atom. The van der Waals surface area contributed by atoms with E-state index in [1.807, 2.05) is 56.3 Å². The minimum Gasteiger partial charge on any atom is -0.497 e. The molecule has 1 fully saturated rings. The van der Waals surface area contributed by atoms with Gasteiger partial charge < -0.3 is 19.5 Å². The molecule has 6 heteroatoms. The van der Waals surface area contributed by atoms with E-state index in [9.17, 15) is 9.59 Å². The number of fused-ring (bicyclic) bond motifs is 4. The average molecular weight is 418 g/mol. The lowest BCUT2D eigenvalue weighted by Crippen LogP contribution is -2.64. The Balaban J connectivity index is 1.68. The highest BCUT2D eigenvalue weighted by Gasteiger charge is 2.48. The standard InChI is InChI=1S/C25H27N3O3/c1-4-15(2)27-14-22(29)28-21(25(27)30)13-19-18-7-5-6-8-20(18)26-23(19)24(28)16-9-11-17(31-3)12-10-16/h5-12,15,21,24,26H,4,13-14H2,1-3H3. The molecule has 2 aliphatic rings. The summed E-state index contributed by atoms with van der Waals surface area (Å²) in [5.41, 5.74) is 4.13. The first kappa shape index (κ1) is 19.7. The van der Waals surface area contributed by atoms with Crippen LogP contribution in [0.1, 0.15) is 43.1 Å². The fourth-order valence-electron chi connectivity index (χ4n) is 5.01. The Labute approximate surface area is 181 Å². The number of H-pyrrole nitrogens is 1. The Kier molecular flexibility index (Phi) is 4.73. The van der Waals surface area contributed by atoms with Gasteiger partial charge in [-0.15, -0.1) is 0 Å². The fourth-order valence-corrected chi connectivity index (χ4v) is 5.01. The summed E-state index contributed by atoms with van der Waals surface area (Å²) in [5.74, 6) is 0.801. The summed E-state index contributed by atoms with van der Waals surface area (Å²) >= 11 is 0. The molecule has 3 aromatic rings. The van der Waals surface area contributed by atoms with Crippen LogP contribution in [0.15, 0.2) is 48.5 Å². The van der Waals surface area contributed by atoms with E-state index in [-0.39, 0.29) is 30.4 Å². The van der Waals surface area contributed by atoms with E-state index >= 15 is 0 Å². The second-order valence-corrected chi connectivity index (χ2v) is 8.48. The number of nitrogens with one attached hydrogen (secondary N) is 1. The summed E-state index contributed by atoms with van der Waals surface area (Å²) in [6.07, 6.45) is 1.36. The number of amides is 2. The van der Waals surface area contributed by atoms with E-state index in [0.717, 1.165) is 39.9 Å². The van der Waals surface area contributed by atoms with Crippen LogP contribution in [0.3, 0.4) is 0 Å². The van der Waals surface area contributed by atoms with Crippen molar-refractivity contribution < 1.29 is 14.3 Å². The third-order valence-corrected chi connectivity index (χ3v) is 6.85. The summed E-state index contributed by atoms with van der Waals surface area (Å²) in [7, 11) is 1.64. The van der Waals surface area contributed by atoms with Crippen LogP contribution in [0.4, 0.5) is 0 Å². The summed E-state index contributed by atoms with van der Waals surface area (Å²) in [6, 6.07) is 15.2. The molecule has 0 saturated carbocycles. The lowest BCUT2D eigenvalue weighted by atomic mass is 9.86. The third-order valence-electron chi connectivity index (χ3n) is 6.85. The molecule has 3 unspecified atom stereocenters. The zero-order valence-corrected chi connectivity index (χ0v) is 18.1. The largest absolute Gasteiger partial charge is 0.497 e. The van der Waals surface area contributed by atoms with Gasteiger partial charge in [0.1, 0.15) is 18.3 Å². The molecule has 2 amide bonds. The highest BCUT2D eigenvalue weighted by Crippen LogP contribution is 2.43. The molecule has 2 aromatic carbocycles. The molecule has 160 valence electrons. The van der Waals surface area contributed by atoms with E-state index in [2.05, 4.69) is 11.1 Å². The minimum atomic E-state index is -0.492. The quantitative estimate of drug-likeness (QED) is 0.705. The molecule has 3 atom stereocenters. The zero-order chi connectivity index (χ0) is 21.7. The lowest BCUT2D eigenvalue weighted by Gasteiger charge is -2.48. The number of methoxy groups -OCH3 is 1. The van der Waals surface area contributed by atoms with Gasteiger partial charge in [-0.3, -0.25) is 9.59 Å². The van der Waals surface area contributed by atoms with Crippen LogP contribution < -0.4 is 4.74 Å². The normalized spacial score (nSPS) is 21.8. The SMILES string of the molecule is CCC(C)N1CC(=O)N2C(Cc3c([nH]c4ccccc34)C2c2ccc(OC)cc2)C1=O. The number of carbonyl (C=O) groups excluding carboxylic acids is 2. The van der Waals surface area contributed by atoms with E-state index in [1.165, 1.54) is 0 Å². The molecule has 31 heavy (non-hydrogen) atoms. The topological polar surface area (TPSA) is 65.6 Å². The molecule has 1 N–H and O–H groups in total. The van der Waals surface area contributed by atoms with Gasteiger partial charge in [0.15, 0.2) is 0 Å². The number of aromatic amines is 1. The van der Waals surface area contributed by atoms with Crippen molar-refractivity contribution in [2.45, 2.75) is 44.8 Å². The lowest BCUT2D eigenvalue weighted by molar-refractivity contribution is -0.160. The third kappa shape index (κ3) is 3.00. The number of hydrogen-bond donors (Lipinski definition) is 1. The molecule has 2 aliphatic heterocycles. The predicted octanol–water partition coefficient (Wildman–Crippen LogP) is 3.66. The maximum absolute atomic E-state index is 13.6. The molecule has 3 heterocycles. The van der Waals surface area contributed by atoms with Gasteiger partial charge in [0.2, 0.25) is 11.8 Å². The Morgan fingerprint density at radius 1 is 1.13 bits per heavy atom. The highest BCUT2D eigenvalue weighted by atomic mass is 16.5. The van der Waals surface area contributed by atoms with Gasteiger partial charge in [-0.1, -0.05) is 37.3 Å². The number of ether oxygens (including phenoxy) is 1. The summed E-state index contributed by atoms with van der Waals surface area (Å²) in [6.45, 7) is 4.20. The molecule has 0 bridgehead atoms. The molecular formula is C25H27N3O3. The first-order valence-corrected chi connectivity index (χ1v) is 10.9. The van der Waals surface area contributed by atoms with Crippen LogP contribution in [0, 0.1) is 0 Å². The number of para-hydroxylation sites is 1. The first-order valence-electron chi connectivity index (χ1n) is 10.9. The second-order valence-electron chi connectivity index (χ2n) is 8.48. The monoisotopic (exact) mass is 417 g/mol. The van der Waals surface area contributed by atoms with Gasteiger partial charge in [-0.25, -0.2) is 0 Å². The van der Waals surface area contributed by atoms with Crippen LogP contribution in [0.5, 0.6) is 5.75 Å². The smallest absolute Gasteiger partial charge is 0.246 e. The maximum Gasteiger partial charge on any atom is 0.246 e. The number of benzene rings is 2. The molecule has 0 spiro atoms. The van der Waals surface area contributed by atoms with Gasteiger partial charge >= 0.3 is 0 Å². The zero-order valence-electron chi connectivity index (χ0n) is 18.1. The van der Waals surface area contributed by atoms with Crippen LogP contribution in [-0.4, -0.2) is 52.3 Å². The second kappa shape index (κ2) is 7.45. The highest BCUT2D eigenvalue weighted by molar-refractivity contribution is 5.97. The van der Waals surface area contributed by atoms with Gasteiger partial charge in [-0.05, 0) is 42.7 Å². The number of rotatable bonds is 4. The number of aromatic nitrogens is 1. The molecule has 1 aromatic heterocycles. The van der Waals surface area contributed by atoms with Crippen molar-refractivity contribution >= 4 is 22.7 Å². The Bertz CT molecular complexity index is 1150. The fraction of sp³-hybridized carbons (Fsp3) is 0.360. The van der Waals surface area contributed by atoms with E-state index < -0.39 is 6.04 Å². The summed E-state index contributed by atoms with van der Waals surface area (Å²) < 4.78 is 5.32. The predicted molar refractivity (Wildman–Crippen MR) is 119 cm³/mol. The van der Waals surface area contributed by atoms with Crippen molar-refractivity contribution in [2.24, 2.45) is 0 Å². The van der Waals surface area contributed by atoms with E-state index in [0.29, 0.717) is 6.42 Å². The van der Waals surface area contributed by atoms with Crippen LogP contribution in [-0.2, 0) is 16.0 Å². The van der Waals surface area contributed by atoms with Crippen LogP contribution in [0.2, 0.25) is 0 Å². The van der Waals surface area contributed by atoms with E-state index in [1.54, 1.807) is 16.9 Å². The molecule has 1 saturated heterocycles. The van der Waals surface area contributed by atoms with Gasteiger partial charge in [-0.2, -0.15) is 0 Å². The van der Waals surface area contributed by atoms with Crippen molar-refractivity contribution in [3.63, 3.8) is 0 Å². The van der Waals surface area contributed by atoms with Crippen LogP contribution >= 0.6 is 0 Å². The molecular weight excluding hydrogens is 390 g/mol. The average Bonchev–Trinajstić information content (AvgIpc) is 3.18. The summed E-state index contributed by atoms with van der Waals surface area (Å²) in [5, 5.41) is 1.12. The Morgan fingerprint density at radius 3 is 2.58 bits per heavy atom. The van der Waals surface area contributed by atoms with Crippen molar-refractivity contribution in [2.75, 3.05) is 13.7 Å². The van der Waals surface area contributed by atoms with Crippen LogP contribution in [0.25, 0.3) is 10.9 Å². The first-order chi connectivity index (χ1) is 15.0. The molecule has 0 radical (unpaired) electrons. The summed E-state index contributed by atoms with van der Waals surface area (Å²) in [4.78, 5) is 34.1. The number of carbonyl (C=O) groups is 2. The number of piperazine rings is 1. The number of nitrogens with zero attached hydrogens (tertiary/aromatic N) is 2.